The molecule has 0 N–H and O–H groups in total. The van der Waals surface area contributed by atoms with Crippen LogP contribution in [-0.2, 0) is 11.3 Å². The lowest BCUT2D eigenvalue weighted by molar-refractivity contribution is -0.172. The zero-order valence-corrected chi connectivity index (χ0v) is 15.3. The predicted octanol–water partition coefficient (Wildman–Crippen LogP) is 4.45. The molecule has 0 radical (unpaired) electrons. The summed E-state index contributed by atoms with van der Waals surface area (Å²) < 4.78 is 95.0. The molecule has 1 aliphatic heterocycles. The molecule has 5 nitrogen and oxygen atoms in total. The van der Waals surface area contributed by atoms with Gasteiger partial charge in [-0.05, 0) is 24.1 Å². The predicted molar refractivity (Wildman–Crippen MR) is 90.7 cm³/mol. The molecule has 1 aromatic heterocycles. The van der Waals surface area contributed by atoms with E-state index in [0.717, 1.165) is 15.8 Å². The summed E-state index contributed by atoms with van der Waals surface area (Å²) in [6, 6.07) is 5.02. The van der Waals surface area contributed by atoms with Crippen LogP contribution in [0.25, 0.3) is 0 Å². The molecule has 0 saturated carbocycles. The average Bonchev–Trinajstić information content (AvgIpc) is 3.15. The maximum Gasteiger partial charge on any atom is 0.410 e. The highest BCUT2D eigenvalue weighted by Crippen LogP contribution is 2.39. The minimum atomic E-state index is -4.52. The van der Waals surface area contributed by atoms with Crippen molar-refractivity contribution in [2.45, 2.75) is 37.6 Å². The van der Waals surface area contributed by atoms with Gasteiger partial charge in [-0.15, -0.1) is 0 Å². The van der Waals surface area contributed by atoms with Crippen LogP contribution in [0, 0.1) is 0 Å². The molecule has 1 atom stereocenters. The molecule has 30 heavy (non-hydrogen) atoms. The topological polar surface area (TPSA) is 47.4 Å². The monoisotopic (exact) mass is 439 g/mol. The van der Waals surface area contributed by atoms with Crippen molar-refractivity contribution in [2.24, 2.45) is 0 Å². The zero-order valence-electron chi connectivity index (χ0n) is 15.3. The van der Waals surface area contributed by atoms with Gasteiger partial charge < -0.3 is 4.74 Å². The molecule has 12 heteroatoms. The van der Waals surface area contributed by atoms with Crippen LogP contribution in [-0.4, -0.2) is 47.4 Å². The number of hydrogen-bond acceptors (Lipinski definition) is 3. The fraction of sp³-hybridized carbons (Fsp3) is 0.444. The molecule has 1 amide bonds. The van der Waals surface area contributed by atoms with Crippen LogP contribution >= 0.6 is 0 Å². The molecule has 3 rings (SSSR count). The van der Waals surface area contributed by atoms with E-state index < -0.39 is 43.7 Å². The standard InChI is InChI=1S/C18H16F7N3O2/c19-16(20)17(21,22)10-30-9-11-2-1-3-12(8-11)15(29)27-7-5-13(18(23,24)25)28-14(27)4-6-26-28/h1-4,6,8,13,16H,5,7,9-10H2/t13-/m0/s1. The Morgan fingerprint density at radius 3 is 2.60 bits per heavy atom. The second-order valence-electron chi connectivity index (χ2n) is 6.69. The highest BCUT2D eigenvalue weighted by Gasteiger charge is 2.46. The highest BCUT2D eigenvalue weighted by molar-refractivity contribution is 6.05. The first kappa shape index (κ1) is 22.1. The van der Waals surface area contributed by atoms with E-state index in [1.165, 1.54) is 30.3 Å². The van der Waals surface area contributed by atoms with Gasteiger partial charge in [0.15, 0.2) is 6.04 Å². The summed E-state index contributed by atoms with van der Waals surface area (Å²) in [6.07, 6.45) is -7.61. The van der Waals surface area contributed by atoms with E-state index in [4.69, 9.17) is 0 Å². The van der Waals surface area contributed by atoms with Gasteiger partial charge in [-0.2, -0.15) is 27.1 Å². The number of carbonyl (C=O) groups is 1. The number of rotatable bonds is 6. The summed E-state index contributed by atoms with van der Waals surface area (Å²) in [5, 5.41) is 3.68. The Morgan fingerprint density at radius 2 is 1.93 bits per heavy atom. The van der Waals surface area contributed by atoms with Gasteiger partial charge in [0.2, 0.25) is 0 Å². The van der Waals surface area contributed by atoms with Crippen molar-refractivity contribution < 1.29 is 40.3 Å². The second kappa shape index (κ2) is 8.25. The molecule has 0 bridgehead atoms. The number of fused-ring (bicyclic) bond motifs is 1. The molecule has 2 heterocycles. The molecule has 0 fully saturated rings. The van der Waals surface area contributed by atoms with Gasteiger partial charge in [-0.25, -0.2) is 13.5 Å². The van der Waals surface area contributed by atoms with E-state index in [1.54, 1.807) is 0 Å². The van der Waals surface area contributed by atoms with Gasteiger partial charge in [0.1, 0.15) is 12.4 Å². The fourth-order valence-corrected chi connectivity index (χ4v) is 3.08. The van der Waals surface area contributed by atoms with E-state index in [2.05, 4.69) is 9.84 Å². The number of aromatic nitrogens is 2. The van der Waals surface area contributed by atoms with Crippen LogP contribution < -0.4 is 4.90 Å². The first-order valence-corrected chi connectivity index (χ1v) is 8.75. The Bertz CT molecular complexity index is 898. The number of alkyl halides is 7. The van der Waals surface area contributed by atoms with Crippen LogP contribution in [0.1, 0.15) is 28.4 Å². The van der Waals surface area contributed by atoms with Crippen LogP contribution in [0.2, 0.25) is 0 Å². The molecule has 1 aliphatic rings. The van der Waals surface area contributed by atoms with E-state index in [1.807, 2.05) is 0 Å². The third kappa shape index (κ3) is 4.58. The lowest BCUT2D eigenvalue weighted by Gasteiger charge is -2.33. The Labute approximate surface area is 166 Å². The van der Waals surface area contributed by atoms with Crippen molar-refractivity contribution in [1.29, 1.82) is 0 Å². The smallest absolute Gasteiger partial charge is 0.370 e. The van der Waals surface area contributed by atoms with Gasteiger partial charge in [0.25, 0.3) is 5.91 Å². The minimum absolute atomic E-state index is 0.0215. The molecule has 0 saturated heterocycles. The summed E-state index contributed by atoms with van der Waals surface area (Å²) in [4.78, 5) is 14.0. The van der Waals surface area contributed by atoms with E-state index >= 15 is 0 Å². The van der Waals surface area contributed by atoms with Crippen LogP contribution in [0.4, 0.5) is 36.6 Å². The zero-order chi connectivity index (χ0) is 22.1. The number of hydrogen-bond donors (Lipinski definition) is 0. The van der Waals surface area contributed by atoms with Crippen molar-refractivity contribution in [2.75, 3.05) is 18.1 Å². The van der Waals surface area contributed by atoms with Crippen molar-refractivity contribution in [1.82, 2.24) is 9.78 Å². The summed E-state index contributed by atoms with van der Waals surface area (Å²) >= 11 is 0. The quantitative estimate of drug-likeness (QED) is 0.625. The number of benzene rings is 1. The number of carbonyl (C=O) groups excluding carboxylic acids is 1. The molecule has 0 aliphatic carbocycles. The number of halogens is 7. The van der Waals surface area contributed by atoms with Crippen molar-refractivity contribution in [3.05, 3.63) is 47.7 Å². The number of ether oxygens (including phenoxy) is 1. The maximum atomic E-state index is 13.2. The summed E-state index contributed by atoms with van der Waals surface area (Å²) in [5.41, 5.74) is 0.347. The van der Waals surface area contributed by atoms with Gasteiger partial charge >= 0.3 is 18.5 Å². The molecule has 1 aromatic carbocycles. The Hall–Kier alpha value is -2.63. The Kier molecular flexibility index (Phi) is 6.06. The normalized spacial score (nSPS) is 17.3. The summed E-state index contributed by atoms with van der Waals surface area (Å²) in [6.45, 7) is -2.14. The lowest BCUT2D eigenvalue weighted by Crippen LogP contribution is -2.43. The fourth-order valence-electron chi connectivity index (χ4n) is 3.08. The third-order valence-electron chi connectivity index (χ3n) is 4.53. The number of nitrogens with zero attached hydrogens (tertiary/aromatic N) is 3. The number of anilines is 1. The maximum absolute atomic E-state index is 13.2. The highest BCUT2D eigenvalue weighted by atomic mass is 19.4. The van der Waals surface area contributed by atoms with E-state index in [9.17, 15) is 35.5 Å². The van der Waals surface area contributed by atoms with E-state index in [0.29, 0.717) is 0 Å². The summed E-state index contributed by atoms with van der Waals surface area (Å²) in [7, 11) is 0. The Morgan fingerprint density at radius 1 is 1.20 bits per heavy atom. The average molecular weight is 439 g/mol. The third-order valence-corrected chi connectivity index (χ3v) is 4.53. The van der Waals surface area contributed by atoms with Crippen LogP contribution in [0.3, 0.4) is 0 Å². The van der Waals surface area contributed by atoms with Crippen LogP contribution in [0.15, 0.2) is 36.5 Å². The Balaban J connectivity index is 1.73. The van der Waals surface area contributed by atoms with Gasteiger partial charge in [-0.1, -0.05) is 12.1 Å². The van der Waals surface area contributed by atoms with E-state index in [-0.39, 0.29) is 29.9 Å². The molecule has 164 valence electrons. The van der Waals surface area contributed by atoms with Crippen LogP contribution in [0.5, 0.6) is 0 Å². The SMILES string of the molecule is O=C(c1cccc(COCC(F)(F)C(F)F)c1)N1CC[C@@H](C(F)(F)F)n2nccc21. The lowest BCUT2D eigenvalue weighted by atomic mass is 10.1. The first-order chi connectivity index (χ1) is 14.0. The number of amides is 1. The molecule has 2 aromatic rings. The van der Waals surface area contributed by atoms with Crippen molar-refractivity contribution in [3.8, 4) is 0 Å². The first-order valence-electron chi connectivity index (χ1n) is 8.75. The van der Waals surface area contributed by atoms with Gasteiger partial charge in [0.05, 0.1) is 12.8 Å². The molecule has 0 spiro atoms. The minimum Gasteiger partial charge on any atom is -0.370 e. The second-order valence-corrected chi connectivity index (χ2v) is 6.69. The molecule has 0 unspecified atom stereocenters. The largest absolute Gasteiger partial charge is 0.410 e. The molecular formula is C18H16F7N3O2. The van der Waals surface area contributed by atoms with Crippen molar-refractivity contribution in [3.63, 3.8) is 0 Å². The van der Waals surface area contributed by atoms with Gasteiger partial charge in [-0.3, -0.25) is 9.69 Å². The van der Waals surface area contributed by atoms with Gasteiger partial charge in [0, 0.05) is 18.2 Å². The molecular weight excluding hydrogens is 423 g/mol. The summed E-state index contributed by atoms with van der Waals surface area (Å²) in [5.74, 6) is -4.93. The van der Waals surface area contributed by atoms with Crippen molar-refractivity contribution >= 4 is 11.7 Å².